The molecule has 0 saturated heterocycles. The van der Waals surface area contributed by atoms with Gasteiger partial charge in [0, 0.05) is 5.92 Å². The van der Waals surface area contributed by atoms with E-state index < -0.39 is 5.97 Å². The topological polar surface area (TPSA) is 26.3 Å². The van der Waals surface area contributed by atoms with Crippen molar-refractivity contribution in [2.75, 3.05) is 7.11 Å². The maximum Gasteiger partial charge on any atom is 0.384 e. The summed E-state index contributed by atoms with van der Waals surface area (Å²) in [6, 6.07) is 1.93. The summed E-state index contributed by atoms with van der Waals surface area (Å²) in [6.07, 6.45) is 0. The first-order valence-corrected chi connectivity index (χ1v) is 4.25. The van der Waals surface area contributed by atoms with E-state index in [1.807, 2.05) is 18.4 Å². The molecule has 0 radical (unpaired) electrons. The van der Waals surface area contributed by atoms with Gasteiger partial charge in [0.25, 0.3) is 0 Å². The van der Waals surface area contributed by atoms with Crippen molar-refractivity contribution < 1.29 is 9.53 Å². The van der Waals surface area contributed by atoms with Gasteiger partial charge in [-0.15, -0.1) is 11.3 Å². The normalized spacial score (nSPS) is 8.50. The number of carbonyl (C=O) groups excluding carboxylic acids is 1. The highest BCUT2D eigenvalue weighted by atomic mass is 32.1. The largest absolute Gasteiger partial charge is 0.459 e. The molecule has 1 rings (SSSR count). The minimum absolute atomic E-state index is 0.499. The second kappa shape index (κ2) is 3.93. The zero-order valence-electron chi connectivity index (χ0n) is 6.88. The van der Waals surface area contributed by atoms with Crippen LogP contribution in [0.15, 0.2) is 11.4 Å². The first-order chi connectivity index (χ1) is 5.72. The van der Waals surface area contributed by atoms with Crippen LogP contribution in [0.2, 0.25) is 0 Å². The maximum absolute atomic E-state index is 10.6. The van der Waals surface area contributed by atoms with Gasteiger partial charge in [-0.25, -0.2) is 4.79 Å². The van der Waals surface area contributed by atoms with Crippen molar-refractivity contribution >= 4 is 17.3 Å². The Morgan fingerprint density at radius 1 is 1.67 bits per heavy atom. The summed E-state index contributed by atoms with van der Waals surface area (Å²) in [7, 11) is 1.32. The van der Waals surface area contributed by atoms with Crippen molar-refractivity contribution in [3.63, 3.8) is 0 Å². The van der Waals surface area contributed by atoms with Crippen molar-refractivity contribution in [3.05, 3.63) is 21.9 Å². The molecule has 0 atom stereocenters. The second-order valence-corrected chi connectivity index (χ2v) is 3.14. The van der Waals surface area contributed by atoms with Crippen LogP contribution in [0, 0.1) is 18.8 Å². The standard InChI is InChI=1S/C9H8O2S/c1-7-5-8(12-6-7)3-4-9(10)11-2/h5-6H,1-2H3. The Bertz CT molecular complexity index is 341. The highest BCUT2D eigenvalue weighted by Crippen LogP contribution is 2.11. The van der Waals surface area contributed by atoms with Gasteiger partial charge in [0.2, 0.25) is 0 Å². The number of hydrogen-bond acceptors (Lipinski definition) is 3. The third-order valence-corrected chi connectivity index (χ3v) is 2.17. The average Bonchev–Trinajstić information content (AvgIpc) is 2.47. The number of carbonyl (C=O) groups is 1. The summed E-state index contributed by atoms with van der Waals surface area (Å²) in [6.45, 7) is 1.99. The molecule has 0 N–H and O–H groups in total. The first-order valence-electron chi connectivity index (χ1n) is 3.37. The molecule has 0 aliphatic rings. The van der Waals surface area contributed by atoms with Gasteiger partial charge in [-0.3, -0.25) is 0 Å². The number of ether oxygens (including phenoxy) is 1. The molecule has 1 aromatic heterocycles. The third kappa shape index (κ3) is 2.40. The third-order valence-electron chi connectivity index (χ3n) is 1.20. The van der Waals surface area contributed by atoms with E-state index in [1.165, 1.54) is 18.4 Å². The molecule has 62 valence electrons. The number of aryl methyl sites for hydroxylation is 1. The predicted molar refractivity (Wildman–Crippen MR) is 48.0 cm³/mol. The minimum Gasteiger partial charge on any atom is -0.459 e. The van der Waals surface area contributed by atoms with E-state index in [9.17, 15) is 4.79 Å². The van der Waals surface area contributed by atoms with Crippen LogP contribution in [0.3, 0.4) is 0 Å². The molecular formula is C9H8O2S. The van der Waals surface area contributed by atoms with E-state index in [0.717, 1.165) is 10.4 Å². The fourth-order valence-electron chi connectivity index (χ4n) is 0.660. The molecule has 0 unspecified atom stereocenters. The Balaban J connectivity index is 2.73. The van der Waals surface area contributed by atoms with Crippen LogP contribution < -0.4 is 0 Å². The smallest absolute Gasteiger partial charge is 0.384 e. The van der Waals surface area contributed by atoms with E-state index in [2.05, 4.69) is 16.6 Å². The molecule has 0 fully saturated rings. The van der Waals surface area contributed by atoms with Crippen LogP contribution >= 0.6 is 11.3 Å². The molecule has 0 aromatic carbocycles. The van der Waals surface area contributed by atoms with Crippen LogP contribution in [0.1, 0.15) is 10.4 Å². The van der Waals surface area contributed by atoms with Crippen molar-refractivity contribution in [2.24, 2.45) is 0 Å². The van der Waals surface area contributed by atoms with E-state index in [-0.39, 0.29) is 0 Å². The Hall–Kier alpha value is -1.27. The van der Waals surface area contributed by atoms with Gasteiger partial charge in [-0.1, -0.05) is 0 Å². The van der Waals surface area contributed by atoms with E-state index in [1.54, 1.807) is 0 Å². The van der Waals surface area contributed by atoms with Crippen LogP contribution in [-0.4, -0.2) is 13.1 Å². The molecule has 0 bridgehead atoms. The summed E-state index contributed by atoms with van der Waals surface area (Å²) in [5.41, 5.74) is 1.16. The van der Waals surface area contributed by atoms with Crippen molar-refractivity contribution in [1.82, 2.24) is 0 Å². The van der Waals surface area contributed by atoms with E-state index in [4.69, 9.17) is 0 Å². The lowest BCUT2D eigenvalue weighted by Gasteiger charge is -1.83. The summed E-state index contributed by atoms with van der Waals surface area (Å²) < 4.78 is 4.37. The first kappa shape index (κ1) is 8.82. The number of rotatable bonds is 0. The van der Waals surface area contributed by atoms with Crippen molar-refractivity contribution in [1.29, 1.82) is 0 Å². The lowest BCUT2D eigenvalue weighted by Crippen LogP contribution is -1.93. The predicted octanol–water partition coefficient (Wildman–Crippen LogP) is 1.58. The quantitative estimate of drug-likeness (QED) is 0.447. The zero-order valence-corrected chi connectivity index (χ0v) is 7.70. The van der Waals surface area contributed by atoms with Gasteiger partial charge in [-0.05, 0) is 29.9 Å². The molecule has 0 aliphatic heterocycles. The molecule has 0 spiro atoms. The average molecular weight is 180 g/mol. The second-order valence-electron chi connectivity index (χ2n) is 2.23. The number of hydrogen-bond donors (Lipinski definition) is 0. The maximum atomic E-state index is 10.6. The molecule has 0 saturated carbocycles. The van der Waals surface area contributed by atoms with Crippen molar-refractivity contribution in [2.45, 2.75) is 6.92 Å². The van der Waals surface area contributed by atoms with Crippen LogP contribution in [0.25, 0.3) is 0 Å². The lowest BCUT2D eigenvalue weighted by atomic mass is 10.3. The lowest BCUT2D eigenvalue weighted by molar-refractivity contribution is -0.133. The Morgan fingerprint density at radius 3 is 2.92 bits per heavy atom. The highest BCUT2D eigenvalue weighted by Gasteiger charge is 1.92. The molecule has 3 heteroatoms. The molecule has 12 heavy (non-hydrogen) atoms. The summed E-state index contributed by atoms with van der Waals surface area (Å²) >= 11 is 1.52. The van der Waals surface area contributed by atoms with Crippen molar-refractivity contribution in [3.8, 4) is 11.8 Å². The number of thiophene rings is 1. The summed E-state index contributed by atoms with van der Waals surface area (Å²) in [5, 5.41) is 1.99. The zero-order chi connectivity index (χ0) is 8.97. The van der Waals surface area contributed by atoms with Crippen LogP contribution in [0.4, 0.5) is 0 Å². The van der Waals surface area contributed by atoms with Gasteiger partial charge < -0.3 is 4.74 Å². The van der Waals surface area contributed by atoms with Gasteiger partial charge >= 0.3 is 5.97 Å². The summed E-state index contributed by atoms with van der Waals surface area (Å²) in [5.74, 6) is 4.57. The van der Waals surface area contributed by atoms with Gasteiger partial charge in [0.1, 0.15) is 0 Å². The molecule has 0 amide bonds. The Labute approximate surface area is 75.2 Å². The van der Waals surface area contributed by atoms with Crippen LogP contribution in [0.5, 0.6) is 0 Å². The minimum atomic E-state index is -0.499. The highest BCUT2D eigenvalue weighted by molar-refractivity contribution is 7.10. The fourth-order valence-corrected chi connectivity index (χ4v) is 1.41. The Kier molecular flexibility index (Phi) is 2.89. The number of esters is 1. The fraction of sp³-hybridized carbons (Fsp3) is 0.222. The number of methoxy groups -OCH3 is 1. The molecule has 2 nitrogen and oxygen atoms in total. The molecular weight excluding hydrogens is 172 g/mol. The van der Waals surface area contributed by atoms with Gasteiger partial charge in [-0.2, -0.15) is 0 Å². The SMILES string of the molecule is COC(=O)C#Cc1cc(C)cs1. The van der Waals surface area contributed by atoms with E-state index >= 15 is 0 Å². The molecule has 1 aromatic rings. The molecule has 0 aliphatic carbocycles. The van der Waals surface area contributed by atoms with Crippen LogP contribution in [-0.2, 0) is 9.53 Å². The molecule has 1 heterocycles. The summed E-state index contributed by atoms with van der Waals surface area (Å²) in [4.78, 5) is 11.5. The van der Waals surface area contributed by atoms with Gasteiger partial charge in [0.15, 0.2) is 0 Å². The van der Waals surface area contributed by atoms with Gasteiger partial charge in [0.05, 0.1) is 12.0 Å². The monoisotopic (exact) mass is 180 g/mol. The van der Waals surface area contributed by atoms with E-state index in [0.29, 0.717) is 0 Å². The Morgan fingerprint density at radius 2 is 2.42 bits per heavy atom.